The van der Waals surface area contributed by atoms with E-state index in [4.69, 9.17) is 4.98 Å². The van der Waals surface area contributed by atoms with E-state index in [-0.39, 0.29) is 0 Å². The third-order valence-electron chi connectivity index (χ3n) is 6.61. The van der Waals surface area contributed by atoms with Crippen LogP contribution in [-0.4, -0.2) is 63.4 Å². The van der Waals surface area contributed by atoms with Gasteiger partial charge in [0.1, 0.15) is 13.7 Å². The van der Waals surface area contributed by atoms with E-state index in [9.17, 15) is 0 Å². The van der Waals surface area contributed by atoms with Crippen LogP contribution >= 0.6 is 0 Å². The van der Waals surface area contributed by atoms with Gasteiger partial charge in [0.2, 0.25) is 0 Å². The van der Waals surface area contributed by atoms with Crippen molar-refractivity contribution in [2.24, 2.45) is 0 Å². The molecule has 2 aliphatic heterocycles. The van der Waals surface area contributed by atoms with Gasteiger partial charge in [0.05, 0.1) is 5.82 Å². The van der Waals surface area contributed by atoms with Crippen molar-refractivity contribution in [3.63, 3.8) is 0 Å². The summed E-state index contributed by atoms with van der Waals surface area (Å²) in [6.07, 6.45) is 10.4. The molecule has 0 bridgehead atoms. The number of rotatable bonds is 6. The van der Waals surface area contributed by atoms with Gasteiger partial charge in [-0.15, -0.1) is 0 Å². The van der Waals surface area contributed by atoms with Crippen molar-refractivity contribution in [1.82, 2.24) is 29.4 Å². The summed E-state index contributed by atoms with van der Waals surface area (Å²) in [7, 11) is 2.08. The van der Waals surface area contributed by atoms with Crippen molar-refractivity contribution in [3.8, 4) is 0 Å². The van der Waals surface area contributed by atoms with Gasteiger partial charge in [0, 0.05) is 69.0 Å². The van der Waals surface area contributed by atoms with Crippen molar-refractivity contribution in [3.05, 3.63) is 60.4 Å². The lowest BCUT2D eigenvalue weighted by molar-refractivity contribution is 0.193. The number of fused-ring (bicyclic) bond motifs is 1. The van der Waals surface area contributed by atoms with Gasteiger partial charge in [0.25, 0.3) is 0 Å². The lowest BCUT2D eigenvalue weighted by Gasteiger charge is -2.38. The second kappa shape index (κ2) is 8.61. The van der Waals surface area contributed by atoms with E-state index in [2.05, 4.69) is 51.8 Å². The predicted molar refractivity (Wildman–Crippen MR) is 126 cm³/mol. The van der Waals surface area contributed by atoms with Crippen molar-refractivity contribution < 1.29 is 0 Å². The van der Waals surface area contributed by atoms with Gasteiger partial charge in [-0.05, 0) is 42.8 Å². The first kappa shape index (κ1) is 19.9. The number of piperidine rings is 1. The highest BCUT2D eigenvalue weighted by molar-refractivity contribution is 6.36. The van der Waals surface area contributed by atoms with E-state index < -0.39 is 0 Å². The predicted octanol–water partition coefficient (Wildman–Crippen LogP) is 1.74. The molecule has 0 aliphatic carbocycles. The monoisotopic (exact) mass is 415 g/mol. The highest BCUT2D eigenvalue weighted by atomic mass is 15.3. The molecule has 5 rings (SSSR count). The Hall–Kier alpha value is -3.03. The largest absolute Gasteiger partial charge is 0.366 e. The molecule has 1 N–H and O–H groups in total. The van der Waals surface area contributed by atoms with Crippen molar-refractivity contribution in [2.45, 2.75) is 38.1 Å². The molecule has 0 saturated carbocycles. The fourth-order valence-electron chi connectivity index (χ4n) is 4.73. The quantitative estimate of drug-likeness (QED) is 0.619. The van der Waals surface area contributed by atoms with Crippen LogP contribution in [0.4, 0.5) is 5.82 Å². The van der Waals surface area contributed by atoms with Crippen LogP contribution in [-0.2, 0) is 6.54 Å². The molecule has 7 nitrogen and oxygen atoms in total. The van der Waals surface area contributed by atoms with E-state index >= 15 is 0 Å². The summed E-state index contributed by atoms with van der Waals surface area (Å²) >= 11 is 0. The van der Waals surface area contributed by atoms with E-state index in [0.29, 0.717) is 12.5 Å². The Morgan fingerprint density at radius 1 is 1.13 bits per heavy atom. The summed E-state index contributed by atoms with van der Waals surface area (Å²) in [5.74, 6) is 2.66. The van der Waals surface area contributed by atoms with Crippen LogP contribution in [0.1, 0.15) is 42.9 Å². The molecule has 0 radical (unpaired) electrons. The average molecular weight is 415 g/mol. The highest BCUT2D eigenvalue weighted by Gasteiger charge is 2.26. The minimum atomic E-state index is 0.459. The number of anilines is 1. The number of nitrogens with zero attached hydrogens (tertiary/aromatic N) is 6. The molecule has 5 heterocycles. The standard InChI is InChI=1S/C23H30BN7/c1-17(29-9-2-3-10-29)30-11-6-19(7-12-30)21-13-22(26-15-18-5-4-8-25-14-18)31-23(28-21)20(24)16-27-31/h4-5,8,13-14,16,19,26H,1-3,6-7,9-12,15,24H2. The summed E-state index contributed by atoms with van der Waals surface area (Å²) in [5, 5.41) is 8.10. The van der Waals surface area contributed by atoms with Crippen LogP contribution in [0.5, 0.6) is 0 Å². The second-order valence-electron chi connectivity index (χ2n) is 8.72. The average Bonchev–Trinajstić information content (AvgIpc) is 3.48. The van der Waals surface area contributed by atoms with Gasteiger partial charge in [-0.3, -0.25) is 4.98 Å². The number of pyridine rings is 1. The Morgan fingerprint density at radius 2 is 1.90 bits per heavy atom. The van der Waals surface area contributed by atoms with Crippen LogP contribution in [0.15, 0.2) is 49.2 Å². The van der Waals surface area contributed by atoms with Crippen molar-refractivity contribution >= 4 is 24.8 Å². The molecule has 3 aromatic heterocycles. The van der Waals surface area contributed by atoms with E-state index in [1.807, 2.05) is 23.0 Å². The molecule has 0 atom stereocenters. The fourth-order valence-corrected chi connectivity index (χ4v) is 4.73. The molecule has 2 aliphatic rings. The van der Waals surface area contributed by atoms with Crippen LogP contribution in [0.25, 0.3) is 5.65 Å². The van der Waals surface area contributed by atoms with Gasteiger partial charge < -0.3 is 15.1 Å². The summed E-state index contributed by atoms with van der Waals surface area (Å²) in [4.78, 5) is 14.1. The van der Waals surface area contributed by atoms with Gasteiger partial charge >= 0.3 is 0 Å². The molecule has 0 aromatic carbocycles. The molecule has 3 aromatic rings. The molecule has 0 unspecified atom stereocenters. The van der Waals surface area contributed by atoms with Gasteiger partial charge in [0.15, 0.2) is 5.65 Å². The SMILES string of the molecule is Bc1cnn2c(NCc3cccnc3)cc(C3CCN(C(=C)N4CCCC4)CC3)nc12. The number of hydrogen-bond donors (Lipinski definition) is 1. The van der Waals surface area contributed by atoms with Crippen molar-refractivity contribution in [1.29, 1.82) is 0 Å². The molecule has 160 valence electrons. The first-order chi connectivity index (χ1) is 15.2. The Balaban J connectivity index is 1.32. The van der Waals surface area contributed by atoms with Gasteiger partial charge in [-0.1, -0.05) is 12.6 Å². The lowest BCUT2D eigenvalue weighted by atomic mass is 9.92. The third-order valence-corrected chi connectivity index (χ3v) is 6.61. The highest BCUT2D eigenvalue weighted by Crippen LogP contribution is 2.31. The molecular formula is C23H30BN7. The normalized spacial score (nSPS) is 17.4. The minimum absolute atomic E-state index is 0.459. The Labute approximate surface area is 184 Å². The Kier molecular flexibility index (Phi) is 5.53. The number of aromatic nitrogens is 4. The second-order valence-corrected chi connectivity index (χ2v) is 8.72. The zero-order valence-corrected chi connectivity index (χ0v) is 18.3. The zero-order chi connectivity index (χ0) is 21.2. The minimum Gasteiger partial charge on any atom is -0.366 e. The molecule has 0 amide bonds. The first-order valence-electron chi connectivity index (χ1n) is 11.4. The summed E-state index contributed by atoms with van der Waals surface area (Å²) in [6.45, 7) is 9.49. The summed E-state index contributed by atoms with van der Waals surface area (Å²) in [6, 6.07) is 6.23. The molecule has 2 saturated heterocycles. The zero-order valence-electron chi connectivity index (χ0n) is 18.3. The first-order valence-corrected chi connectivity index (χ1v) is 11.4. The number of likely N-dealkylation sites (tertiary alicyclic amines) is 2. The molecule has 2 fully saturated rings. The Bertz CT molecular complexity index is 1050. The van der Waals surface area contributed by atoms with Crippen LogP contribution < -0.4 is 10.8 Å². The lowest BCUT2D eigenvalue weighted by Crippen LogP contribution is -2.38. The molecule has 8 heteroatoms. The number of hydrogen-bond acceptors (Lipinski definition) is 6. The summed E-state index contributed by atoms with van der Waals surface area (Å²) < 4.78 is 1.92. The molecule has 0 spiro atoms. The summed E-state index contributed by atoms with van der Waals surface area (Å²) in [5.41, 5.74) is 4.35. The van der Waals surface area contributed by atoms with E-state index in [0.717, 1.165) is 67.2 Å². The fraction of sp³-hybridized carbons (Fsp3) is 0.435. The van der Waals surface area contributed by atoms with E-state index in [1.165, 1.54) is 18.7 Å². The molecule has 31 heavy (non-hydrogen) atoms. The Morgan fingerprint density at radius 3 is 2.65 bits per heavy atom. The van der Waals surface area contributed by atoms with Crippen LogP contribution in [0.3, 0.4) is 0 Å². The van der Waals surface area contributed by atoms with Gasteiger partial charge in [-0.25, -0.2) is 4.98 Å². The smallest absolute Gasteiger partial charge is 0.151 e. The van der Waals surface area contributed by atoms with Crippen LogP contribution in [0, 0.1) is 0 Å². The third kappa shape index (κ3) is 4.11. The van der Waals surface area contributed by atoms with E-state index in [1.54, 1.807) is 6.20 Å². The maximum Gasteiger partial charge on any atom is 0.151 e. The topological polar surface area (TPSA) is 61.6 Å². The van der Waals surface area contributed by atoms with Gasteiger partial charge in [-0.2, -0.15) is 9.61 Å². The van der Waals surface area contributed by atoms with Crippen molar-refractivity contribution in [2.75, 3.05) is 31.5 Å². The maximum atomic E-state index is 5.02. The molecular weight excluding hydrogens is 385 g/mol. The maximum absolute atomic E-state index is 5.02. The number of nitrogens with one attached hydrogen (secondary N) is 1. The van der Waals surface area contributed by atoms with Crippen LogP contribution in [0.2, 0.25) is 0 Å².